The first-order valence-electron chi connectivity index (χ1n) is 9.66. The maximum atomic E-state index is 14.4. The fourth-order valence-corrected chi connectivity index (χ4v) is 3.69. The fourth-order valence-electron chi connectivity index (χ4n) is 2.98. The number of rotatable bonds is 8. The molecule has 172 valence electrons. The normalized spacial score (nSPS) is 10.7. The minimum Gasteiger partial charge on any atom is -0.493 e. The summed E-state index contributed by atoms with van der Waals surface area (Å²) in [6, 6.07) is 7.73. The second-order valence-electron chi connectivity index (χ2n) is 6.69. The van der Waals surface area contributed by atoms with Gasteiger partial charge in [-0.25, -0.2) is 9.37 Å². The maximum absolute atomic E-state index is 14.4. The van der Waals surface area contributed by atoms with Gasteiger partial charge in [0, 0.05) is 29.6 Å². The number of hydrogen-bond donors (Lipinski definition) is 2. The predicted octanol–water partition coefficient (Wildman–Crippen LogP) is 4.59. The molecule has 33 heavy (non-hydrogen) atoms. The van der Waals surface area contributed by atoms with Gasteiger partial charge in [-0.3, -0.25) is 14.9 Å². The largest absolute Gasteiger partial charge is 0.493 e. The lowest BCUT2D eigenvalue weighted by atomic mass is 10.1. The quantitative estimate of drug-likeness (QED) is 0.467. The van der Waals surface area contributed by atoms with Gasteiger partial charge in [0.1, 0.15) is 5.82 Å². The Morgan fingerprint density at radius 3 is 2.30 bits per heavy atom. The van der Waals surface area contributed by atoms with E-state index < -0.39 is 11.7 Å². The molecule has 0 atom stereocenters. The van der Waals surface area contributed by atoms with Crippen LogP contribution >= 0.6 is 11.3 Å². The zero-order valence-corrected chi connectivity index (χ0v) is 19.2. The first kappa shape index (κ1) is 23.7. The molecular formula is C23H22FN3O5S. The van der Waals surface area contributed by atoms with Crippen molar-refractivity contribution in [2.75, 3.05) is 32.0 Å². The molecule has 0 radical (unpaired) electrons. The van der Waals surface area contributed by atoms with E-state index in [4.69, 9.17) is 14.2 Å². The van der Waals surface area contributed by atoms with Gasteiger partial charge in [-0.2, -0.15) is 0 Å². The predicted molar refractivity (Wildman–Crippen MR) is 126 cm³/mol. The van der Waals surface area contributed by atoms with Crippen LogP contribution in [0.15, 0.2) is 41.8 Å². The molecule has 3 aromatic rings. The van der Waals surface area contributed by atoms with Crippen molar-refractivity contribution < 1.29 is 28.2 Å². The average Bonchev–Trinajstić information content (AvgIpc) is 3.24. The molecule has 0 saturated carbocycles. The van der Waals surface area contributed by atoms with Gasteiger partial charge in [0.2, 0.25) is 17.6 Å². The topological polar surface area (TPSA) is 98.8 Å². The van der Waals surface area contributed by atoms with Gasteiger partial charge in [-0.05, 0) is 42.0 Å². The van der Waals surface area contributed by atoms with Crippen molar-refractivity contribution >= 4 is 40.0 Å². The molecule has 1 aromatic heterocycles. The van der Waals surface area contributed by atoms with Crippen LogP contribution in [0.3, 0.4) is 0 Å². The van der Waals surface area contributed by atoms with Crippen LogP contribution in [0.25, 0.3) is 17.3 Å². The van der Waals surface area contributed by atoms with Gasteiger partial charge in [0.05, 0.1) is 27.0 Å². The summed E-state index contributed by atoms with van der Waals surface area (Å²) < 4.78 is 30.3. The van der Waals surface area contributed by atoms with E-state index >= 15 is 0 Å². The molecule has 2 amide bonds. The van der Waals surface area contributed by atoms with Crippen molar-refractivity contribution in [3.05, 3.63) is 53.2 Å². The molecule has 2 aromatic carbocycles. The summed E-state index contributed by atoms with van der Waals surface area (Å²) >= 11 is 1.17. The first-order chi connectivity index (χ1) is 15.8. The minimum absolute atomic E-state index is 0.258. The molecule has 0 bridgehead atoms. The molecule has 0 aliphatic carbocycles. The highest BCUT2D eigenvalue weighted by atomic mass is 32.1. The number of halogens is 1. The zero-order valence-electron chi connectivity index (χ0n) is 18.4. The Morgan fingerprint density at radius 1 is 1.03 bits per heavy atom. The molecule has 0 aliphatic heterocycles. The summed E-state index contributed by atoms with van der Waals surface area (Å²) in [6.07, 6.45) is 2.93. The first-order valence-corrected chi connectivity index (χ1v) is 10.5. The number of nitrogens with one attached hydrogen (secondary N) is 2. The van der Waals surface area contributed by atoms with Crippen LogP contribution in [0.1, 0.15) is 12.5 Å². The van der Waals surface area contributed by atoms with Crippen molar-refractivity contribution in [2.45, 2.75) is 6.92 Å². The molecule has 0 fully saturated rings. The van der Waals surface area contributed by atoms with Gasteiger partial charge in [-0.1, -0.05) is 0 Å². The van der Waals surface area contributed by atoms with Gasteiger partial charge in [0.25, 0.3) is 0 Å². The third kappa shape index (κ3) is 5.86. The van der Waals surface area contributed by atoms with Crippen LogP contribution in [0, 0.1) is 5.82 Å². The molecule has 2 N–H and O–H groups in total. The number of hydrogen-bond acceptors (Lipinski definition) is 7. The van der Waals surface area contributed by atoms with Crippen molar-refractivity contribution in [3.8, 4) is 28.5 Å². The average molecular weight is 472 g/mol. The van der Waals surface area contributed by atoms with E-state index in [2.05, 4.69) is 15.6 Å². The minimum atomic E-state index is -0.535. The Labute approximate surface area is 194 Å². The monoisotopic (exact) mass is 471 g/mol. The smallest absolute Gasteiger partial charge is 0.250 e. The number of methoxy groups -OCH3 is 3. The van der Waals surface area contributed by atoms with Crippen molar-refractivity contribution in [3.63, 3.8) is 0 Å². The van der Waals surface area contributed by atoms with Crippen LogP contribution in [0.4, 0.5) is 15.2 Å². The van der Waals surface area contributed by atoms with E-state index in [1.807, 2.05) is 0 Å². The molecule has 0 spiro atoms. The summed E-state index contributed by atoms with van der Waals surface area (Å²) in [5, 5.41) is 7.12. The number of nitrogens with zero attached hydrogens (tertiary/aromatic N) is 1. The van der Waals surface area contributed by atoms with Crippen molar-refractivity contribution in [2.24, 2.45) is 0 Å². The van der Waals surface area contributed by atoms with Crippen molar-refractivity contribution in [1.29, 1.82) is 0 Å². The van der Waals surface area contributed by atoms with Crippen LogP contribution in [0.5, 0.6) is 17.2 Å². The number of amides is 2. The molecule has 8 nitrogen and oxygen atoms in total. The van der Waals surface area contributed by atoms with E-state index in [9.17, 15) is 14.0 Å². The number of aromatic nitrogens is 1. The third-order valence-corrected chi connectivity index (χ3v) is 5.17. The lowest BCUT2D eigenvalue weighted by Crippen LogP contribution is -2.07. The molecule has 1 heterocycles. The molecule has 0 saturated heterocycles. The Balaban J connectivity index is 1.71. The maximum Gasteiger partial charge on any atom is 0.250 e. The molecule has 3 rings (SSSR count). The third-order valence-electron chi connectivity index (χ3n) is 4.41. The number of thiazole rings is 1. The summed E-state index contributed by atoms with van der Waals surface area (Å²) in [5.41, 5.74) is 1.65. The molecule has 0 unspecified atom stereocenters. The lowest BCUT2D eigenvalue weighted by Gasteiger charge is -2.12. The fraction of sp³-hybridized carbons (Fsp3) is 0.174. The van der Waals surface area contributed by atoms with E-state index in [0.29, 0.717) is 39.3 Å². The second kappa shape index (κ2) is 10.6. The lowest BCUT2D eigenvalue weighted by molar-refractivity contribution is -0.114. The molecule has 0 aliphatic rings. The van der Waals surface area contributed by atoms with Crippen LogP contribution < -0.4 is 24.8 Å². The Hall–Kier alpha value is -3.92. The Morgan fingerprint density at radius 2 is 1.73 bits per heavy atom. The Kier molecular flexibility index (Phi) is 7.62. The number of benzene rings is 2. The van der Waals surface area contributed by atoms with Gasteiger partial charge < -0.3 is 19.5 Å². The number of carbonyl (C=O) groups is 2. The molecule has 10 heteroatoms. The van der Waals surface area contributed by atoms with E-state index in [1.165, 1.54) is 57.8 Å². The SMILES string of the molecule is COc1cc(/C=C/C(=O)Nc2nc(-c3ccc(NC(C)=O)cc3F)cs2)cc(OC)c1OC. The summed E-state index contributed by atoms with van der Waals surface area (Å²) in [5.74, 6) is 0.147. The van der Waals surface area contributed by atoms with Gasteiger partial charge in [0.15, 0.2) is 16.6 Å². The summed E-state index contributed by atoms with van der Waals surface area (Å²) in [6.45, 7) is 1.34. The standard InChI is InChI=1S/C23H22FN3O5S/c1-13(28)25-15-6-7-16(17(24)11-15)18-12-33-23(26-18)27-21(29)8-5-14-9-19(30-2)22(32-4)20(10-14)31-3/h5-12H,1-4H3,(H,25,28)(H,26,27,29)/b8-5+. The highest BCUT2D eigenvalue weighted by Crippen LogP contribution is 2.38. The number of ether oxygens (including phenoxy) is 3. The highest BCUT2D eigenvalue weighted by Gasteiger charge is 2.13. The van der Waals surface area contributed by atoms with E-state index in [-0.39, 0.29) is 11.5 Å². The van der Waals surface area contributed by atoms with Gasteiger partial charge >= 0.3 is 0 Å². The van der Waals surface area contributed by atoms with E-state index in [0.717, 1.165) is 0 Å². The summed E-state index contributed by atoms with van der Waals surface area (Å²) in [4.78, 5) is 27.7. The number of carbonyl (C=O) groups excluding carboxylic acids is 2. The summed E-state index contributed by atoms with van der Waals surface area (Å²) in [7, 11) is 4.52. The second-order valence-corrected chi connectivity index (χ2v) is 7.55. The van der Waals surface area contributed by atoms with Crippen LogP contribution in [-0.4, -0.2) is 38.1 Å². The number of anilines is 2. The van der Waals surface area contributed by atoms with Gasteiger partial charge in [-0.15, -0.1) is 11.3 Å². The zero-order chi connectivity index (χ0) is 24.0. The van der Waals surface area contributed by atoms with Crippen molar-refractivity contribution in [1.82, 2.24) is 4.98 Å². The van der Waals surface area contributed by atoms with E-state index in [1.54, 1.807) is 29.7 Å². The van der Waals surface area contributed by atoms with Crippen LogP contribution in [0.2, 0.25) is 0 Å². The Bertz CT molecular complexity index is 1180. The highest BCUT2D eigenvalue weighted by molar-refractivity contribution is 7.14. The molecular weight excluding hydrogens is 449 g/mol. The van der Waals surface area contributed by atoms with Crippen LogP contribution in [-0.2, 0) is 9.59 Å².